The molecule has 0 saturated carbocycles. The van der Waals surface area contributed by atoms with Gasteiger partial charge in [0.1, 0.15) is 6.04 Å². The van der Waals surface area contributed by atoms with Gasteiger partial charge in [-0.3, -0.25) is 0 Å². The minimum absolute atomic E-state index is 0. The Bertz CT molecular complexity index is 120. The molecule has 0 heterocycles. The van der Waals surface area contributed by atoms with Gasteiger partial charge < -0.3 is 21.8 Å². The maximum Gasteiger partial charge on any atom is 3.00 e. The SMILES string of the molecule is [CH2-][N+](C)(C)C(C)C(=O)[O-].[CH3-].[Y+3]. The van der Waals surface area contributed by atoms with Gasteiger partial charge in [0.05, 0.1) is 5.97 Å². The van der Waals surface area contributed by atoms with Gasteiger partial charge in [0.2, 0.25) is 0 Å². The van der Waals surface area contributed by atoms with Crippen LogP contribution in [0.25, 0.3) is 0 Å². The first-order valence-electron chi connectivity index (χ1n) is 2.74. The summed E-state index contributed by atoms with van der Waals surface area (Å²) in [5, 5.41) is 10.2. The molecule has 0 aliphatic carbocycles. The molecule has 0 aromatic rings. The third-order valence-corrected chi connectivity index (χ3v) is 1.39. The van der Waals surface area contributed by atoms with Crippen molar-refractivity contribution >= 4 is 5.97 Å². The van der Waals surface area contributed by atoms with Crippen LogP contribution in [0.15, 0.2) is 0 Å². The van der Waals surface area contributed by atoms with E-state index in [2.05, 4.69) is 7.05 Å². The Labute approximate surface area is 94.2 Å². The zero-order valence-corrected chi connectivity index (χ0v) is 10.5. The van der Waals surface area contributed by atoms with Gasteiger partial charge in [-0.25, -0.2) is 0 Å². The van der Waals surface area contributed by atoms with Crippen molar-refractivity contribution in [1.82, 2.24) is 0 Å². The molecule has 0 bridgehead atoms. The number of likely N-dealkylation sites (N-methyl/N-ethyl adjacent to an activating group) is 1. The van der Waals surface area contributed by atoms with Crippen LogP contribution in [0.2, 0.25) is 0 Å². The molecule has 11 heavy (non-hydrogen) atoms. The Balaban J connectivity index is -0.000000320. The Morgan fingerprint density at radius 2 is 1.82 bits per heavy atom. The van der Waals surface area contributed by atoms with Gasteiger partial charge in [-0.2, -0.15) is 0 Å². The maximum absolute atomic E-state index is 10.2. The van der Waals surface area contributed by atoms with Crippen LogP contribution in [0, 0.1) is 14.5 Å². The number of hydrogen-bond acceptors (Lipinski definition) is 2. The third kappa shape index (κ3) is 6.91. The summed E-state index contributed by atoms with van der Waals surface area (Å²) in [6, 6.07) is -0.551. The van der Waals surface area contributed by atoms with E-state index < -0.39 is 12.0 Å². The van der Waals surface area contributed by atoms with E-state index in [0.717, 1.165) is 0 Å². The standard InChI is InChI=1S/C6H13NO2.CH3.Y/c1-5(6(8)9)7(2,3)4;;/h5H,2H2,1,3-4H3,(H,8,9);1H3;/q;-1;+3/p-1. The van der Waals surface area contributed by atoms with E-state index in [1.54, 1.807) is 21.0 Å². The number of carbonyl (C=O) groups is 1. The number of carboxylic acid groups (broad SMARTS) is 1. The summed E-state index contributed by atoms with van der Waals surface area (Å²) in [7, 11) is 7.03. The normalized spacial score (nSPS) is 12.4. The maximum atomic E-state index is 10.2. The van der Waals surface area contributed by atoms with Gasteiger partial charge in [-0.1, -0.05) is 0 Å². The molecule has 0 amide bonds. The molecule has 1 atom stereocenters. The average Bonchev–Trinajstić information content (AvgIpc) is 1.62. The van der Waals surface area contributed by atoms with E-state index >= 15 is 0 Å². The molecular weight excluding hydrogens is 219 g/mol. The summed E-state index contributed by atoms with van der Waals surface area (Å²) in [6.07, 6.45) is 0. The van der Waals surface area contributed by atoms with Crippen LogP contribution < -0.4 is 5.11 Å². The van der Waals surface area contributed by atoms with Crippen LogP contribution in [-0.2, 0) is 37.5 Å². The van der Waals surface area contributed by atoms with Crippen molar-refractivity contribution in [2.24, 2.45) is 0 Å². The number of carboxylic acids is 1. The van der Waals surface area contributed by atoms with Crippen molar-refractivity contribution in [1.29, 1.82) is 0 Å². The molecule has 3 nitrogen and oxygen atoms in total. The van der Waals surface area contributed by atoms with Gasteiger partial charge >= 0.3 is 32.7 Å². The van der Waals surface area contributed by atoms with E-state index in [-0.39, 0.29) is 44.6 Å². The molecule has 62 valence electrons. The predicted octanol–water partition coefficient (Wildman–Crippen LogP) is -0.559. The van der Waals surface area contributed by atoms with Crippen molar-refractivity contribution in [3.63, 3.8) is 0 Å². The molecule has 4 heteroatoms. The van der Waals surface area contributed by atoms with Crippen LogP contribution in [-0.4, -0.2) is 30.6 Å². The molecule has 0 N–H and O–H groups in total. The summed E-state index contributed by atoms with van der Waals surface area (Å²) < 4.78 is 0.155. The molecule has 0 fully saturated rings. The fraction of sp³-hybridized carbons (Fsp3) is 0.571. The van der Waals surface area contributed by atoms with Crippen molar-refractivity contribution in [3.8, 4) is 0 Å². The minimum atomic E-state index is -1.06. The molecule has 0 aliphatic rings. The van der Waals surface area contributed by atoms with E-state index in [1.165, 1.54) is 0 Å². The van der Waals surface area contributed by atoms with E-state index in [0.29, 0.717) is 0 Å². The van der Waals surface area contributed by atoms with E-state index in [1.807, 2.05) is 0 Å². The minimum Gasteiger partial charge on any atom is -0.544 e. The Kier molecular flexibility index (Phi) is 9.74. The van der Waals surface area contributed by atoms with E-state index in [9.17, 15) is 9.90 Å². The fourth-order valence-electron chi connectivity index (χ4n) is 0.285. The zero-order chi connectivity index (χ0) is 7.65. The van der Waals surface area contributed by atoms with E-state index in [4.69, 9.17) is 0 Å². The van der Waals surface area contributed by atoms with Gasteiger partial charge in [0.25, 0.3) is 0 Å². The smallest absolute Gasteiger partial charge is 0.544 e. The molecule has 1 unspecified atom stereocenters. The van der Waals surface area contributed by atoms with Crippen LogP contribution >= 0.6 is 0 Å². The Morgan fingerprint density at radius 3 is 1.82 bits per heavy atom. The van der Waals surface area contributed by atoms with Gasteiger partial charge in [-0.15, -0.1) is 7.05 Å². The monoisotopic (exact) mass is 234 g/mol. The van der Waals surface area contributed by atoms with Crippen molar-refractivity contribution in [2.45, 2.75) is 13.0 Å². The first-order chi connectivity index (χ1) is 3.85. The quantitative estimate of drug-likeness (QED) is 0.474. The number of hydrogen-bond donors (Lipinski definition) is 0. The summed E-state index contributed by atoms with van der Waals surface area (Å²) in [5.74, 6) is -1.06. The molecule has 0 aromatic heterocycles. The van der Waals surface area contributed by atoms with Crippen molar-refractivity contribution in [2.75, 3.05) is 14.1 Å². The molecular formula is C7H15NO2Y+. The van der Waals surface area contributed by atoms with Crippen molar-refractivity contribution < 1.29 is 47.1 Å². The van der Waals surface area contributed by atoms with Gasteiger partial charge in [-0.05, 0) is 6.92 Å². The third-order valence-electron chi connectivity index (χ3n) is 1.39. The number of aliphatic carboxylic acids is 1. The molecule has 0 rings (SSSR count). The number of rotatable bonds is 2. The first-order valence-corrected chi connectivity index (χ1v) is 2.74. The molecule has 0 saturated heterocycles. The van der Waals surface area contributed by atoms with Crippen LogP contribution in [0.4, 0.5) is 0 Å². The second-order valence-corrected chi connectivity index (χ2v) is 2.77. The largest absolute Gasteiger partial charge is 3.00 e. The Morgan fingerprint density at radius 1 is 1.55 bits per heavy atom. The second kappa shape index (κ2) is 6.09. The number of quaternary nitrogens is 1. The predicted molar refractivity (Wildman–Crippen MR) is 38.3 cm³/mol. The zero-order valence-electron chi connectivity index (χ0n) is 7.63. The van der Waals surface area contributed by atoms with Gasteiger partial charge in [0, 0.05) is 14.1 Å². The van der Waals surface area contributed by atoms with Crippen LogP contribution in [0.5, 0.6) is 0 Å². The summed E-state index contributed by atoms with van der Waals surface area (Å²) in [6.45, 7) is 1.57. The number of carbonyl (C=O) groups excluding carboxylic acids is 1. The number of nitrogens with zero attached hydrogens (tertiary/aromatic N) is 1. The first kappa shape index (κ1) is 17.6. The Hall–Kier alpha value is 0.534. The average molecular weight is 234 g/mol. The van der Waals surface area contributed by atoms with Crippen LogP contribution in [0.1, 0.15) is 6.92 Å². The topological polar surface area (TPSA) is 40.1 Å². The summed E-state index contributed by atoms with van der Waals surface area (Å²) in [4.78, 5) is 10.2. The fourth-order valence-corrected chi connectivity index (χ4v) is 0.285. The molecule has 0 aliphatic heterocycles. The van der Waals surface area contributed by atoms with Crippen LogP contribution in [0.3, 0.4) is 0 Å². The molecule has 0 spiro atoms. The summed E-state index contributed by atoms with van der Waals surface area (Å²) in [5.41, 5.74) is 0. The van der Waals surface area contributed by atoms with Crippen molar-refractivity contribution in [3.05, 3.63) is 14.5 Å². The molecule has 0 radical (unpaired) electrons. The van der Waals surface area contributed by atoms with Gasteiger partial charge in [0.15, 0.2) is 0 Å². The second-order valence-electron chi connectivity index (χ2n) is 2.77. The molecule has 0 aromatic carbocycles. The summed E-state index contributed by atoms with van der Waals surface area (Å²) >= 11 is 0.